The van der Waals surface area contributed by atoms with E-state index in [0.29, 0.717) is 30.2 Å². The first-order chi connectivity index (χ1) is 12.6. The number of likely N-dealkylation sites (N-methyl/N-ethyl adjacent to an activating group) is 1. The zero-order valence-corrected chi connectivity index (χ0v) is 15.0. The van der Waals surface area contributed by atoms with E-state index >= 15 is 0 Å². The number of anilines is 1. The zero-order valence-electron chi connectivity index (χ0n) is 14.2. The fraction of sp³-hybridized carbons (Fsp3) is 0.222. The number of aromatic nitrogens is 2. The number of rotatable bonds is 7. The summed E-state index contributed by atoms with van der Waals surface area (Å²) in [6, 6.07) is 11.0. The maximum atomic E-state index is 12.1. The predicted molar refractivity (Wildman–Crippen MR) is 98.8 cm³/mol. The van der Waals surface area contributed by atoms with Crippen molar-refractivity contribution in [3.8, 4) is 10.7 Å². The van der Waals surface area contributed by atoms with Gasteiger partial charge in [0.05, 0.1) is 11.3 Å². The van der Waals surface area contributed by atoms with Crippen LogP contribution in [0.2, 0.25) is 0 Å². The van der Waals surface area contributed by atoms with Crippen molar-refractivity contribution in [3.05, 3.63) is 53.2 Å². The Morgan fingerprint density at radius 1 is 1.15 bits per heavy atom. The van der Waals surface area contributed by atoms with Gasteiger partial charge in [-0.3, -0.25) is 9.59 Å². The molecule has 7 nitrogen and oxygen atoms in total. The molecule has 1 aromatic carbocycles. The first-order valence-electron chi connectivity index (χ1n) is 8.10. The number of benzene rings is 1. The lowest BCUT2D eigenvalue weighted by Crippen LogP contribution is -2.19. The van der Waals surface area contributed by atoms with E-state index < -0.39 is 0 Å². The molecule has 0 unspecified atom stereocenters. The molecule has 2 heterocycles. The number of aryl methyl sites for hydroxylation is 1. The minimum absolute atomic E-state index is 0.0525. The van der Waals surface area contributed by atoms with Crippen LogP contribution in [-0.4, -0.2) is 29.0 Å². The highest BCUT2D eigenvalue weighted by Crippen LogP contribution is 2.21. The molecule has 0 saturated carbocycles. The van der Waals surface area contributed by atoms with Crippen LogP contribution in [0.1, 0.15) is 17.9 Å². The third kappa shape index (κ3) is 4.76. The Labute approximate surface area is 154 Å². The molecule has 0 atom stereocenters. The predicted octanol–water partition coefficient (Wildman–Crippen LogP) is 2.66. The molecule has 0 fully saturated rings. The number of hydrogen-bond donors (Lipinski definition) is 2. The van der Waals surface area contributed by atoms with Gasteiger partial charge in [0.2, 0.25) is 23.5 Å². The highest BCUT2D eigenvalue weighted by Gasteiger charge is 2.11. The first-order valence-corrected chi connectivity index (χ1v) is 8.98. The second kappa shape index (κ2) is 8.39. The van der Waals surface area contributed by atoms with Gasteiger partial charge in [-0.2, -0.15) is 4.98 Å². The number of nitrogens with one attached hydrogen (secondary N) is 2. The summed E-state index contributed by atoms with van der Waals surface area (Å²) in [5, 5.41) is 11.3. The van der Waals surface area contributed by atoms with Crippen LogP contribution in [-0.2, 0) is 22.4 Å². The van der Waals surface area contributed by atoms with Crippen molar-refractivity contribution in [1.82, 2.24) is 15.5 Å². The number of carbonyl (C=O) groups excluding carboxylic acids is 2. The lowest BCUT2D eigenvalue weighted by molar-refractivity contribution is -0.120. The normalized spacial score (nSPS) is 10.5. The average molecular weight is 370 g/mol. The minimum atomic E-state index is -0.139. The molecule has 0 saturated heterocycles. The molecule has 0 aliphatic rings. The molecule has 0 radical (unpaired) electrons. The Morgan fingerprint density at radius 3 is 2.65 bits per heavy atom. The van der Waals surface area contributed by atoms with Crippen molar-refractivity contribution in [3.63, 3.8) is 0 Å². The Bertz CT molecular complexity index is 872. The molecule has 2 aromatic heterocycles. The molecular weight excluding hydrogens is 352 g/mol. The maximum absolute atomic E-state index is 12.1. The molecule has 0 aliphatic heterocycles. The van der Waals surface area contributed by atoms with Gasteiger partial charge in [-0.1, -0.05) is 23.4 Å². The van der Waals surface area contributed by atoms with Crippen molar-refractivity contribution in [2.75, 3.05) is 12.4 Å². The van der Waals surface area contributed by atoms with Gasteiger partial charge in [0.1, 0.15) is 0 Å². The number of hydrogen-bond acceptors (Lipinski definition) is 6. The van der Waals surface area contributed by atoms with Crippen molar-refractivity contribution >= 4 is 28.8 Å². The van der Waals surface area contributed by atoms with Crippen LogP contribution in [0, 0.1) is 0 Å². The molecule has 3 aromatic rings. The third-order valence-corrected chi connectivity index (χ3v) is 4.52. The molecule has 26 heavy (non-hydrogen) atoms. The average Bonchev–Trinajstić information content (AvgIpc) is 3.33. The Balaban J connectivity index is 1.49. The molecule has 3 rings (SSSR count). The van der Waals surface area contributed by atoms with Crippen LogP contribution in [0.15, 0.2) is 46.3 Å². The van der Waals surface area contributed by atoms with Gasteiger partial charge in [0.15, 0.2) is 0 Å². The Hall–Kier alpha value is -3.00. The maximum Gasteiger partial charge on any atom is 0.227 e. The molecule has 8 heteroatoms. The van der Waals surface area contributed by atoms with Crippen molar-refractivity contribution in [2.24, 2.45) is 0 Å². The SMILES string of the molecule is CNC(=O)Cc1ccc(NC(=O)CCc2nc(-c3cccs3)no2)cc1. The first kappa shape index (κ1) is 17.8. The van der Waals surface area contributed by atoms with E-state index in [-0.39, 0.29) is 18.2 Å². The fourth-order valence-corrected chi connectivity index (χ4v) is 2.94. The lowest BCUT2D eigenvalue weighted by Gasteiger charge is -2.06. The van der Waals surface area contributed by atoms with Gasteiger partial charge in [0.25, 0.3) is 0 Å². The third-order valence-electron chi connectivity index (χ3n) is 3.66. The van der Waals surface area contributed by atoms with Gasteiger partial charge >= 0.3 is 0 Å². The van der Waals surface area contributed by atoms with Crippen LogP contribution in [0.25, 0.3) is 10.7 Å². The molecule has 2 N–H and O–H groups in total. The van der Waals surface area contributed by atoms with E-state index in [2.05, 4.69) is 20.8 Å². The van der Waals surface area contributed by atoms with E-state index in [4.69, 9.17) is 4.52 Å². The smallest absolute Gasteiger partial charge is 0.227 e. The highest BCUT2D eigenvalue weighted by atomic mass is 32.1. The van der Waals surface area contributed by atoms with Crippen molar-refractivity contribution in [2.45, 2.75) is 19.3 Å². The molecule has 0 spiro atoms. The molecular formula is C18H18N4O3S. The second-order valence-corrected chi connectivity index (χ2v) is 6.53. The summed E-state index contributed by atoms with van der Waals surface area (Å²) in [5.74, 6) is 0.787. The van der Waals surface area contributed by atoms with Crippen molar-refractivity contribution in [1.29, 1.82) is 0 Å². The molecule has 0 aliphatic carbocycles. The van der Waals surface area contributed by atoms with E-state index in [0.717, 1.165) is 10.4 Å². The summed E-state index contributed by atoms with van der Waals surface area (Å²) in [7, 11) is 1.60. The summed E-state index contributed by atoms with van der Waals surface area (Å²) in [6.07, 6.45) is 0.930. The van der Waals surface area contributed by atoms with E-state index in [9.17, 15) is 9.59 Å². The van der Waals surface area contributed by atoms with Gasteiger partial charge in [0, 0.05) is 25.6 Å². The zero-order chi connectivity index (χ0) is 18.4. The largest absolute Gasteiger partial charge is 0.359 e. The minimum Gasteiger partial charge on any atom is -0.359 e. The second-order valence-electron chi connectivity index (χ2n) is 5.58. The quantitative estimate of drug-likeness (QED) is 0.666. The number of carbonyl (C=O) groups is 2. The van der Waals surface area contributed by atoms with E-state index in [1.165, 1.54) is 11.3 Å². The number of thiophene rings is 1. The molecule has 134 valence electrons. The van der Waals surface area contributed by atoms with Gasteiger partial charge in [-0.05, 0) is 29.1 Å². The number of nitrogens with zero attached hydrogens (tertiary/aromatic N) is 2. The van der Waals surface area contributed by atoms with Crippen LogP contribution in [0.4, 0.5) is 5.69 Å². The lowest BCUT2D eigenvalue weighted by atomic mass is 10.1. The standard InChI is InChI=1S/C18H18N4O3S/c1-19-16(24)11-12-4-6-13(7-5-12)20-15(23)8-9-17-21-18(22-25-17)14-3-2-10-26-14/h2-7,10H,8-9,11H2,1H3,(H,19,24)(H,20,23). The fourth-order valence-electron chi connectivity index (χ4n) is 2.29. The van der Waals surface area contributed by atoms with E-state index in [1.54, 1.807) is 19.2 Å². The van der Waals surface area contributed by atoms with Gasteiger partial charge in [-0.15, -0.1) is 11.3 Å². The van der Waals surface area contributed by atoms with E-state index in [1.807, 2.05) is 29.6 Å². The van der Waals surface area contributed by atoms with Crippen LogP contribution >= 0.6 is 11.3 Å². The monoisotopic (exact) mass is 370 g/mol. The van der Waals surface area contributed by atoms with Gasteiger partial charge < -0.3 is 15.2 Å². The summed E-state index contributed by atoms with van der Waals surface area (Å²) < 4.78 is 5.18. The van der Waals surface area contributed by atoms with Crippen molar-refractivity contribution < 1.29 is 14.1 Å². The Morgan fingerprint density at radius 2 is 1.96 bits per heavy atom. The van der Waals surface area contributed by atoms with Gasteiger partial charge in [-0.25, -0.2) is 0 Å². The number of amides is 2. The van der Waals surface area contributed by atoms with Crippen LogP contribution < -0.4 is 10.6 Å². The van der Waals surface area contributed by atoms with Crippen LogP contribution in [0.5, 0.6) is 0 Å². The topological polar surface area (TPSA) is 97.1 Å². The molecule has 0 bridgehead atoms. The van der Waals surface area contributed by atoms with Crippen LogP contribution in [0.3, 0.4) is 0 Å². The highest BCUT2D eigenvalue weighted by molar-refractivity contribution is 7.13. The summed E-state index contributed by atoms with van der Waals surface area (Å²) in [4.78, 5) is 28.6. The summed E-state index contributed by atoms with van der Waals surface area (Å²) in [5.41, 5.74) is 1.56. The summed E-state index contributed by atoms with van der Waals surface area (Å²) >= 11 is 1.53. The Kier molecular flexibility index (Phi) is 5.75. The summed E-state index contributed by atoms with van der Waals surface area (Å²) in [6.45, 7) is 0. The molecule has 2 amide bonds.